The lowest BCUT2D eigenvalue weighted by Gasteiger charge is -2.32. The molecule has 2 rings (SSSR count). The largest absolute Gasteiger partial charge is 0.455 e. The maximum atomic E-state index is 13.3. The molecular formula is C27H38N6O11. The van der Waals surface area contributed by atoms with Gasteiger partial charge in [-0.15, -0.1) is 0 Å². The van der Waals surface area contributed by atoms with Crippen LogP contribution in [0, 0.1) is 22.2 Å². The summed E-state index contributed by atoms with van der Waals surface area (Å²) in [5, 5.41) is 43.5. The average Bonchev–Trinajstić information content (AvgIpc) is 3.49. The van der Waals surface area contributed by atoms with Crippen molar-refractivity contribution in [2.75, 3.05) is 13.4 Å². The number of hydrogen-bond donors (Lipinski definition) is 6. The zero-order chi connectivity index (χ0) is 33.5. The highest BCUT2D eigenvalue weighted by molar-refractivity contribution is 6.07. The zero-order valence-electron chi connectivity index (χ0n) is 25.4. The van der Waals surface area contributed by atoms with Crippen LogP contribution in [0.1, 0.15) is 59.9 Å². The Hall–Kier alpha value is -4.53. The summed E-state index contributed by atoms with van der Waals surface area (Å²) in [4.78, 5) is 55.2. The first-order valence-electron chi connectivity index (χ1n) is 13.3. The fourth-order valence-corrected chi connectivity index (χ4v) is 4.01. The van der Waals surface area contributed by atoms with E-state index >= 15 is 0 Å². The van der Waals surface area contributed by atoms with Gasteiger partial charge < -0.3 is 44.2 Å². The van der Waals surface area contributed by atoms with Crippen LogP contribution in [-0.2, 0) is 38.9 Å². The molecule has 0 unspecified atom stereocenters. The van der Waals surface area contributed by atoms with Crippen LogP contribution >= 0.6 is 0 Å². The number of aliphatic hydroxyl groups excluding tert-OH is 2. The van der Waals surface area contributed by atoms with Crippen LogP contribution in [0.2, 0.25) is 0 Å². The second-order valence-corrected chi connectivity index (χ2v) is 11.7. The molecule has 1 saturated heterocycles. The first-order chi connectivity index (χ1) is 20.4. The number of amides is 2. The van der Waals surface area contributed by atoms with E-state index in [4.69, 9.17) is 24.4 Å². The van der Waals surface area contributed by atoms with Gasteiger partial charge in [-0.25, -0.2) is 19.4 Å². The number of aromatic amines is 1. The normalized spacial score (nSPS) is 22.6. The molecule has 0 bridgehead atoms. The minimum absolute atomic E-state index is 0.0358. The highest BCUT2D eigenvalue weighted by Gasteiger charge is 2.59. The molecule has 2 amide bonds. The molecule has 6 N–H and O–H groups in total. The van der Waals surface area contributed by atoms with Crippen LogP contribution in [0.4, 0.5) is 9.59 Å². The second kappa shape index (κ2) is 14.3. The van der Waals surface area contributed by atoms with Gasteiger partial charge in [0.15, 0.2) is 11.9 Å². The first-order valence-corrected chi connectivity index (χ1v) is 13.3. The van der Waals surface area contributed by atoms with Crippen molar-refractivity contribution in [3.8, 4) is 6.07 Å². The smallest absolute Gasteiger partial charge is 0.415 e. The van der Waals surface area contributed by atoms with Gasteiger partial charge in [-0.3, -0.25) is 15.5 Å². The van der Waals surface area contributed by atoms with E-state index in [0.29, 0.717) is 6.34 Å². The number of ether oxygens (including phenoxy) is 5. The molecule has 17 nitrogen and oxygen atoms in total. The monoisotopic (exact) mass is 622 g/mol. The number of nitrogens with one attached hydrogen (secondary N) is 4. The number of carbonyl (C=O) groups excluding carboxylic acids is 4. The summed E-state index contributed by atoms with van der Waals surface area (Å²) in [6, 6.07) is 3.24. The lowest BCUT2D eigenvalue weighted by molar-refractivity contribution is -0.162. The van der Waals surface area contributed by atoms with Crippen LogP contribution in [0.15, 0.2) is 17.1 Å². The number of alkyl carbamates (subject to hydrolysis) is 2. The molecule has 1 aromatic heterocycles. The maximum Gasteiger partial charge on any atom is 0.415 e. The summed E-state index contributed by atoms with van der Waals surface area (Å²) in [5.74, 6) is -1.91. The van der Waals surface area contributed by atoms with Crippen molar-refractivity contribution in [3.63, 3.8) is 0 Å². The molecular weight excluding hydrogens is 584 g/mol. The number of carbonyl (C=O) groups is 4. The molecule has 5 atom stereocenters. The summed E-state index contributed by atoms with van der Waals surface area (Å²) < 4.78 is 25.8. The number of nitrogens with zero attached hydrogens (tertiary/aromatic N) is 2. The minimum Gasteiger partial charge on any atom is -0.455 e. The Bertz CT molecular complexity index is 1310. The Morgan fingerprint density at radius 3 is 2.39 bits per heavy atom. The van der Waals surface area contributed by atoms with Gasteiger partial charge >= 0.3 is 24.1 Å². The van der Waals surface area contributed by atoms with Crippen LogP contribution < -0.4 is 10.6 Å². The Labute approximate surface area is 253 Å². The van der Waals surface area contributed by atoms with E-state index in [2.05, 4.69) is 25.3 Å². The quantitative estimate of drug-likeness (QED) is 0.0739. The standard InChI is InChI=1S/C27H38N6O11/c1-14(35)40-13-41-23(38)33-21(30-12-29)15-8-9-17(31-15)27(11-28)20(36)18(16(10-34)43-27)42-22(37)19(25(2,3)4)32-24(39)44-26(5,6)7/h8-9,12,16,18-20,31,34,36H,10,13H2,1-7H3,(H,32,39)(H2,29,30,33,38)/t16-,18-,19-,20-,27+/m1/s1. The maximum absolute atomic E-state index is 13.3. The SMILES string of the molecule is CC(=O)OCOC(=O)NC(=NC=N)c1ccc([C@]2(C#N)O[C@H](CO)[C@@H](OC(=O)[C@@H](NC(=O)OC(C)(C)C)C(C)(C)C)[C@H]2O)[nH]1. The first kappa shape index (κ1) is 35.7. The molecule has 1 aromatic rings. The Kier molecular flexibility index (Phi) is 11.6. The Morgan fingerprint density at radius 2 is 1.86 bits per heavy atom. The fraction of sp³-hybridized carbons (Fsp3) is 0.593. The molecule has 0 aromatic carbocycles. The summed E-state index contributed by atoms with van der Waals surface area (Å²) in [6.07, 6.45) is -6.15. The number of aromatic nitrogens is 1. The van der Waals surface area contributed by atoms with Gasteiger partial charge in [-0.05, 0) is 38.3 Å². The molecule has 0 radical (unpaired) electrons. The number of hydrogen-bond acceptors (Lipinski definition) is 13. The van der Waals surface area contributed by atoms with Crippen LogP contribution in [0.5, 0.6) is 0 Å². The highest BCUT2D eigenvalue weighted by atomic mass is 16.7. The molecule has 1 fully saturated rings. The van der Waals surface area contributed by atoms with Crippen molar-refractivity contribution in [2.45, 2.75) is 84.0 Å². The number of amidine groups is 1. The average molecular weight is 623 g/mol. The molecule has 17 heteroatoms. The van der Waals surface area contributed by atoms with Crippen LogP contribution in [-0.4, -0.2) is 94.9 Å². The number of rotatable bonds is 9. The zero-order valence-corrected chi connectivity index (χ0v) is 25.4. The molecule has 0 saturated carbocycles. The Balaban J connectivity index is 2.32. The summed E-state index contributed by atoms with van der Waals surface area (Å²) in [7, 11) is 0. The van der Waals surface area contributed by atoms with E-state index in [1.54, 1.807) is 41.5 Å². The number of esters is 2. The third-order valence-corrected chi connectivity index (χ3v) is 6.00. The third kappa shape index (κ3) is 8.99. The topological polar surface area (TPSA) is 255 Å². The number of H-pyrrole nitrogens is 1. The fourth-order valence-electron chi connectivity index (χ4n) is 4.01. The Morgan fingerprint density at radius 1 is 1.20 bits per heavy atom. The van der Waals surface area contributed by atoms with Gasteiger partial charge in [0, 0.05) is 6.92 Å². The summed E-state index contributed by atoms with van der Waals surface area (Å²) >= 11 is 0. The highest BCUT2D eigenvalue weighted by Crippen LogP contribution is 2.41. The molecule has 1 aliphatic heterocycles. The lowest BCUT2D eigenvalue weighted by atomic mass is 9.86. The second-order valence-electron chi connectivity index (χ2n) is 11.7. The minimum atomic E-state index is -2.21. The van der Waals surface area contributed by atoms with Gasteiger partial charge in [-0.2, -0.15) is 5.26 Å². The number of nitriles is 1. The van der Waals surface area contributed by atoms with Gasteiger partial charge in [0.1, 0.15) is 36.3 Å². The van der Waals surface area contributed by atoms with Crippen LogP contribution in [0.25, 0.3) is 0 Å². The molecule has 242 valence electrons. The van der Waals surface area contributed by atoms with E-state index in [-0.39, 0.29) is 17.2 Å². The number of aliphatic hydroxyl groups is 2. The lowest BCUT2D eigenvalue weighted by Crippen LogP contribution is -2.53. The van der Waals surface area contributed by atoms with Crippen molar-refractivity contribution in [1.29, 1.82) is 10.7 Å². The summed E-state index contributed by atoms with van der Waals surface area (Å²) in [5.41, 5.74) is -3.98. The summed E-state index contributed by atoms with van der Waals surface area (Å²) in [6.45, 7) is 9.60. The molecule has 1 aliphatic rings. The molecule has 0 aliphatic carbocycles. The van der Waals surface area contributed by atoms with E-state index in [1.165, 1.54) is 12.1 Å². The number of aliphatic imine (C=N–C) groups is 1. The van der Waals surface area contributed by atoms with Gasteiger partial charge in [0.05, 0.1) is 18.0 Å². The molecule has 2 heterocycles. The van der Waals surface area contributed by atoms with E-state index in [9.17, 15) is 34.7 Å². The van der Waals surface area contributed by atoms with Gasteiger partial charge in [0.2, 0.25) is 12.4 Å². The predicted molar refractivity (Wildman–Crippen MR) is 150 cm³/mol. The van der Waals surface area contributed by atoms with Crippen molar-refractivity contribution in [1.82, 2.24) is 15.6 Å². The van der Waals surface area contributed by atoms with Crippen LogP contribution in [0.3, 0.4) is 0 Å². The van der Waals surface area contributed by atoms with E-state index in [0.717, 1.165) is 6.92 Å². The van der Waals surface area contributed by atoms with Crippen molar-refractivity contribution in [2.24, 2.45) is 10.4 Å². The van der Waals surface area contributed by atoms with Crippen molar-refractivity contribution >= 4 is 36.3 Å². The van der Waals surface area contributed by atoms with Gasteiger partial charge in [-0.1, -0.05) is 20.8 Å². The van der Waals surface area contributed by atoms with Crippen molar-refractivity contribution in [3.05, 3.63) is 23.5 Å². The van der Waals surface area contributed by atoms with Crippen molar-refractivity contribution < 1.29 is 53.1 Å². The third-order valence-electron chi connectivity index (χ3n) is 6.00. The molecule has 0 spiro atoms. The van der Waals surface area contributed by atoms with Gasteiger partial charge in [0.25, 0.3) is 0 Å². The van der Waals surface area contributed by atoms with E-state index in [1.807, 2.05) is 6.07 Å². The predicted octanol–water partition coefficient (Wildman–Crippen LogP) is 0.937. The molecule has 44 heavy (non-hydrogen) atoms. The van der Waals surface area contributed by atoms with E-state index < -0.39 is 78.5 Å².